The Hall–Kier alpha value is -2.16. The van der Waals surface area contributed by atoms with E-state index in [4.69, 9.17) is 4.74 Å². The molecule has 3 heteroatoms. The van der Waals surface area contributed by atoms with Crippen molar-refractivity contribution in [1.29, 1.82) is 0 Å². The number of rotatable bonds is 2. The van der Waals surface area contributed by atoms with Crippen LogP contribution in [0.15, 0.2) is 36.4 Å². The van der Waals surface area contributed by atoms with E-state index in [1.807, 2.05) is 25.1 Å². The molecule has 0 fully saturated rings. The Morgan fingerprint density at radius 3 is 2.63 bits per heavy atom. The minimum absolute atomic E-state index is 0.187. The van der Waals surface area contributed by atoms with Crippen molar-refractivity contribution in [1.82, 2.24) is 0 Å². The number of halogens is 1. The molecule has 2 aromatic rings. The highest BCUT2D eigenvalue weighted by atomic mass is 19.1. The van der Waals surface area contributed by atoms with E-state index in [1.54, 1.807) is 12.1 Å². The fourth-order valence-corrected chi connectivity index (χ4v) is 2.33. The van der Waals surface area contributed by atoms with Gasteiger partial charge in [0.1, 0.15) is 12.4 Å². The van der Waals surface area contributed by atoms with Crippen LogP contribution in [0.25, 0.3) is 11.1 Å². The van der Waals surface area contributed by atoms with Crippen molar-refractivity contribution >= 4 is 5.97 Å². The largest absolute Gasteiger partial charge is 0.457 e. The highest BCUT2D eigenvalue weighted by Crippen LogP contribution is 2.28. The van der Waals surface area contributed by atoms with E-state index in [0.29, 0.717) is 24.2 Å². The van der Waals surface area contributed by atoms with Crippen LogP contribution in [0.5, 0.6) is 0 Å². The summed E-state index contributed by atoms with van der Waals surface area (Å²) >= 11 is 0. The van der Waals surface area contributed by atoms with E-state index < -0.39 is 0 Å². The molecular formula is C16H13FO2. The quantitative estimate of drug-likeness (QED) is 0.765. The normalized spacial score (nSPS) is 13.3. The Morgan fingerprint density at radius 2 is 1.89 bits per heavy atom. The molecule has 19 heavy (non-hydrogen) atoms. The number of ether oxygens (including phenoxy) is 1. The average molecular weight is 256 g/mol. The lowest BCUT2D eigenvalue weighted by atomic mass is 9.99. The number of esters is 1. The van der Waals surface area contributed by atoms with Crippen LogP contribution in [0.2, 0.25) is 0 Å². The summed E-state index contributed by atoms with van der Waals surface area (Å²) < 4.78 is 18.8. The summed E-state index contributed by atoms with van der Waals surface area (Å²) in [5.41, 5.74) is 3.90. The Balaban J connectivity index is 2.03. The minimum Gasteiger partial charge on any atom is -0.457 e. The third-order valence-electron chi connectivity index (χ3n) is 3.45. The van der Waals surface area contributed by atoms with Crippen molar-refractivity contribution < 1.29 is 13.9 Å². The number of carbonyl (C=O) groups is 1. The van der Waals surface area contributed by atoms with Gasteiger partial charge in [-0.3, -0.25) is 0 Å². The fraction of sp³-hybridized carbons (Fsp3) is 0.188. The smallest absolute Gasteiger partial charge is 0.338 e. The van der Waals surface area contributed by atoms with Crippen molar-refractivity contribution in [2.75, 3.05) is 0 Å². The topological polar surface area (TPSA) is 26.3 Å². The second-order valence-electron chi connectivity index (χ2n) is 4.61. The molecule has 2 aromatic carbocycles. The highest BCUT2D eigenvalue weighted by molar-refractivity contribution is 5.94. The number of carbonyl (C=O) groups excluding carboxylic acids is 1. The zero-order valence-corrected chi connectivity index (χ0v) is 10.6. The highest BCUT2D eigenvalue weighted by Gasteiger charge is 2.21. The van der Waals surface area contributed by atoms with Crippen LogP contribution in [0.3, 0.4) is 0 Å². The number of hydrogen-bond acceptors (Lipinski definition) is 2. The summed E-state index contributed by atoms with van der Waals surface area (Å²) in [7, 11) is 0. The van der Waals surface area contributed by atoms with Gasteiger partial charge in [0.05, 0.1) is 5.56 Å². The first-order valence-corrected chi connectivity index (χ1v) is 6.28. The first-order chi connectivity index (χ1) is 9.19. The molecule has 0 unspecified atom stereocenters. The Morgan fingerprint density at radius 1 is 1.16 bits per heavy atom. The Labute approximate surface area is 110 Å². The van der Waals surface area contributed by atoms with Crippen LogP contribution in [0.4, 0.5) is 4.39 Å². The van der Waals surface area contributed by atoms with Gasteiger partial charge < -0.3 is 4.74 Å². The standard InChI is InChI=1S/C16H13FO2/c1-2-10-3-4-12(8-15(10)17)11-5-6-14-13(7-11)9-19-16(14)18/h3-8H,2,9H2,1H3. The van der Waals surface area contributed by atoms with Gasteiger partial charge in [-0.05, 0) is 41.3 Å². The Bertz CT molecular complexity index is 662. The number of cyclic esters (lactones) is 1. The molecule has 0 bridgehead atoms. The van der Waals surface area contributed by atoms with Gasteiger partial charge in [-0.2, -0.15) is 0 Å². The van der Waals surface area contributed by atoms with Gasteiger partial charge in [-0.15, -0.1) is 0 Å². The summed E-state index contributed by atoms with van der Waals surface area (Å²) in [5.74, 6) is -0.470. The second kappa shape index (κ2) is 4.50. The molecule has 0 spiro atoms. The van der Waals surface area contributed by atoms with Crippen molar-refractivity contribution in [3.63, 3.8) is 0 Å². The minimum atomic E-state index is -0.283. The maximum Gasteiger partial charge on any atom is 0.338 e. The van der Waals surface area contributed by atoms with Crippen LogP contribution in [-0.4, -0.2) is 5.97 Å². The van der Waals surface area contributed by atoms with E-state index in [9.17, 15) is 9.18 Å². The van der Waals surface area contributed by atoms with Crippen LogP contribution < -0.4 is 0 Å². The lowest BCUT2D eigenvalue weighted by Crippen LogP contribution is -1.93. The molecule has 0 atom stereocenters. The number of benzene rings is 2. The molecule has 1 aliphatic heterocycles. The summed E-state index contributed by atoms with van der Waals surface area (Å²) in [4.78, 5) is 11.4. The molecule has 1 heterocycles. The molecule has 0 saturated heterocycles. The van der Waals surface area contributed by atoms with E-state index in [1.165, 1.54) is 6.07 Å². The lowest BCUT2D eigenvalue weighted by molar-refractivity contribution is 0.0535. The molecule has 0 aliphatic carbocycles. The van der Waals surface area contributed by atoms with Gasteiger partial charge in [0.2, 0.25) is 0 Å². The Kier molecular flexibility index (Phi) is 2.82. The molecule has 2 nitrogen and oxygen atoms in total. The molecule has 0 amide bonds. The van der Waals surface area contributed by atoms with E-state index in [2.05, 4.69) is 0 Å². The van der Waals surface area contributed by atoms with Crippen LogP contribution in [0.1, 0.15) is 28.4 Å². The van der Waals surface area contributed by atoms with Crippen molar-refractivity contribution in [2.45, 2.75) is 20.0 Å². The van der Waals surface area contributed by atoms with E-state index in [-0.39, 0.29) is 11.8 Å². The molecule has 0 saturated carbocycles. The first kappa shape index (κ1) is 11.9. The SMILES string of the molecule is CCc1ccc(-c2ccc3c(c2)COC3=O)cc1F. The van der Waals surface area contributed by atoms with Gasteiger partial charge in [0.15, 0.2) is 0 Å². The van der Waals surface area contributed by atoms with Gasteiger partial charge >= 0.3 is 5.97 Å². The summed E-state index contributed by atoms with van der Waals surface area (Å²) in [5, 5.41) is 0. The molecule has 1 aliphatic rings. The first-order valence-electron chi connectivity index (χ1n) is 6.28. The van der Waals surface area contributed by atoms with Gasteiger partial charge in [-0.25, -0.2) is 9.18 Å². The van der Waals surface area contributed by atoms with Gasteiger partial charge in [-0.1, -0.05) is 25.1 Å². The predicted octanol–water partition coefficient (Wildman–Crippen LogP) is 3.73. The number of hydrogen-bond donors (Lipinski definition) is 0. The maximum absolute atomic E-state index is 13.8. The summed E-state index contributed by atoms with van der Waals surface area (Å²) in [6.45, 7) is 2.23. The molecule has 3 rings (SSSR count). The lowest BCUT2D eigenvalue weighted by Gasteiger charge is -2.06. The zero-order valence-electron chi connectivity index (χ0n) is 10.6. The third-order valence-corrected chi connectivity index (χ3v) is 3.45. The number of fused-ring (bicyclic) bond motifs is 1. The molecule has 0 N–H and O–H groups in total. The zero-order chi connectivity index (χ0) is 13.4. The summed E-state index contributed by atoms with van der Waals surface area (Å²) in [6.07, 6.45) is 0.679. The molecule has 96 valence electrons. The third kappa shape index (κ3) is 2.01. The van der Waals surface area contributed by atoms with Crippen molar-refractivity contribution in [3.8, 4) is 11.1 Å². The van der Waals surface area contributed by atoms with Crippen LogP contribution >= 0.6 is 0 Å². The second-order valence-corrected chi connectivity index (χ2v) is 4.61. The van der Waals surface area contributed by atoms with Crippen LogP contribution in [0, 0.1) is 5.82 Å². The summed E-state index contributed by atoms with van der Waals surface area (Å²) in [6, 6.07) is 10.7. The van der Waals surface area contributed by atoms with Crippen molar-refractivity contribution in [2.24, 2.45) is 0 Å². The fourth-order valence-electron chi connectivity index (χ4n) is 2.33. The number of aryl methyl sites for hydroxylation is 1. The van der Waals surface area contributed by atoms with Crippen LogP contribution in [-0.2, 0) is 17.8 Å². The van der Waals surface area contributed by atoms with Crippen molar-refractivity contribution in [3.05, 3.63) is 58.9 Å². The van der Waals surface area contributed by atoms with E-state index in [0.717, 1.165) is 16.7 Å². The van der Waals surface area contributed by atoms with Gasteiger partial charge in [0, 0.05) is 5.56 Å². The van der Waals surface area contributed by atoms with E-state index >= 15 is 0 Å². The maximum atomic E-state index is 13.8. The molecular weight excluding hydrogens is 243 g/mol. The average Bonchev–Trinajstić information content (AvgIpc) is 2.80. The monoisotopic (exact) mass is 256 g/mol. The molecule has 0 radical (unpaired) electrons. The molecule has 0 aromatic heterocycles. The predicted molar refractivity (Wildman–Crippen MR) is 70.3 cm³/mol. The van der Waals surface area contributed by atoms with Gasteiger partial charge in [0.25, 0.3) is 0 Å².